The molecule has 38 heavy (non-hydrogen) atoms. The van der Waals surface area contributed by atoms with E-state index in [9.17, 15) is 35.9 Å². The molecule has 0 unspecified atom stereocenters. The van der Waals surface area contributed by atoms with Gasteiger partial charge in [-0.3, -0.25) is 0 Å². The topological polar surface area (TPSA) is 76.7 Å². The molecule has 3 rings (SSSR count). The number of alkyl halides is 6. The average Bonchev–Trinajstić information content (AvgIpc) is 2.84. The fourth-order valence-corrected chi connectivity index (χ4v) is 3.68. The van der Waals surface area contributed by atoms with Crippen molar-refractivity contribution < 1.29 is 45.4 Å². The van der Waals surface area contributed by atoms with Gasteiger partial charge in [-0.05, 0) is 62.4 Å². The first kappa shape index (κ1) is 28.6. The van der Waals surface area contributed by atoms with E-state index in [-0.39, 0.29) is 60.0 Å². The summed E-state index contributed by atoms with van der Waals surface area (Å²) >= 11 is 0. The van der Waals surface area contributed by atoms with Crippen molar-refractivity contribution in [3.63, 3.8) is 0 Å². The number of benzene rings is 2. The van der Waals surface area contributed by atoms with Crippen molar-refractivity contribution in [2.75, 3.05) is 23.8 Å². The molecule has 0 aliphatic heterocycles. The molecule has 0 heterocycles. The standard InChI is InChI=1S/C26H24F6N2O4/c1-3-37-23(35)19-13-22(34-18-11-7-16(8-12-18)26(30,31)32)20(24(36)38-4-2)14-21(19)33-17-9-5-15(6-10-17)25(27,28)29/h5-12,33-34H,3-4,13-14H2,1-2H3. The Morgan fingerprint density at radius 1 is 0.658 bits per heavy atom. The summed E-state index contributed by atoms with van der Waals surface area (Å²) in [5.74, 6) is -1.45. The second-order valence-electron chi connectivity index (χ2n) is 8.11. The van der Waals surface area contributed by atoms with E-state index in [0.717, 1.165) is 24.3 Å². The van der Waals surface area contributed by atoms with Gasteiger partial charge in [0.1, 0.15) is 0 Å². The van der Waals surface area contributed by atoms with Crippen LogP contribution in [0.2, 0.25) is 0 Å². The quantitative estimate of drug-likeness (QED) is 0.287. The van der Waals surface area contributed by atoms with Crippen molar-refractivity contribution in [3.8, 4) is 0 Å². The number of allylic oxidation sites excluding steroid dienone is 2. The lowest BCUT2D eigenvalue weighted by Gasteiger charge is -2.26. The zero-order chi connectivity index (χ0) is 28.1. The molecule has 2 aromatic rings. The average molecular weight is 542 g/mol. The number of ether oxygens (including phenoxy) is 2. The minimum absolute atomic E-state index is 0.0337. The van der Waals surface area contributed by atoms with Crippen LogP contribution in [-0.2, 0) is 31.4 Å². The molecule has 0 saturated heterocycles. The van der Waals surface area contributed by atoms with Gasteiger partial charge in [0.05, 0.1) is 35.5 Å². The zero-order valence-corrected chi connectivity index (χ0v) is 20.3. The fourth-order valence-electron chi connectivity index (χ4n) is 3.68. The van der Waals surface area contributed by atoms with Gasteiger partial charge >= 0.3 is 24.3 Å². The van der Waals surface area contributed by atoms with E-state index in [4.69, 9.17) is 9.47 Å². The number of halogens is 6. The van der Waals surface area contributed by atoms with Gasteiger partial charge < -0.3 is 20.1 Å². The van der Waals surface area contributed by atoms with E-state index < -0.39 is 35.4 Å². The molecule has 6 nitrogen and oxygen atoms in total. The molecule has 0 atom stereocenters. The molecular weight excluding hydrogens is 518 g/mol. The van der Waals surface area contributed by atoms with E-state index in [1.165, 1.54) is 24.3 Å². The normalized spacial score (nSPS) is 14.3. The van der Waals surface area contributed by atoms with Crippen molar-refractivity contribution in [2.24, 2.45) is 0 Å². The fraction of sp³-hybridized carbons (Fsp3) is 0.308. The third-order valence-corrected chi connectivity index (χ3v) is 5.49. The number of esters is 2. The van der Waals surface area contributed by atoms with Gasteiger partial charge in [0.2, 0.25) is 0 Å². The van der Waals surface area contributed by atoms with Crippen LogP contribution in [0.4, 0.5) is 37.7 Å². The summed E-state index contributed by atoms with van der Waals surface area (Å²) < 4.78 is 87.9. The lowest BCUT2D eigenvalue weighted by Crippen LogP contribution is -2.25. The highest BCUT2D eigenvalue weighted by Gasteiger charge is 2.33. The van der Waals surface area contributed by atoms with Crippen LogP contribution < -0.4 is 10.6 Å². The molecule has 0 saturated carbocycles. The monoisotopic (exact) mass is 542 g/mol. The molecule has 0 bridgehead atoms. The van der Waals surface area contributed by atoms with E-state index >= 15 is 0 Å². The van der Waals surface area contributed by atoms with Crippen molar-refractivity contribution in [2.45, 2.75) is 39.0 Å². The molecule has 0 radical (unpaired) electrons. The number of carbonyl (C=O) groups is 2. The maximum atomic E-state index is 12.9. The Morgan fingerprint density at radius 3 is 1.24 bits per heavy atom. The number of carbonyl (C=O) groups excluding carboxylic acids is 2. The lowest BCUT2D eigenvalue weighted by atomic mass is 9.92. The molecular formula is C26H24F6N2O4. The molecule has 0 fully saturated rings. The predicted octanol–water partition coefficient (Wildman–Crippen LogP) is 6.68. The highest BCUT2D eigenvalue weighted by atomic mass is 19.4. The van der Waals surface area contributed by atoms with Gasteiger partial charge in [-0.1, -0.05) is 0 Å². The molecule has 204 valence electrons. The van der Waals surface area contributed by atoms with Crippen molar-refractivity contribution in [1.82, 2.24) is 0 Å². The number of nitrogens with one attached hydrogen (secondary N) is 2. The van der Waals surface area contributed by atoms with Crippen molar-refractivity contribution in [3.05, 3.63) is 82.2 Å². The Labute approximate surface area is 214 Å². The van der Waals surface area contributed by atoms with Crippen LogP contribution in [0.5, 0.6) is 0 Å². The predicted molar refractivity (Wildman–Crippen MR) is 127 cm³/mol. The molecule has 1 aliphatic rings. The number of rotatable bonds is 8. The maximum Gasteiger partial charge on any atom is 0.416 e. The number of hydrogen-bond donors (Lipinski definition) is 2. The SMILES string of the molecule is CCOC(=O)C1=C(Nc2ccc(C(F)(F)F)cc2)CC(C(=O)OCC)=C(Nc2ccc(C(F)(F)F)cc2)C1. The van der Waals surface area contributed by atoms with Gasteiger partial charge in [0.25, 0.3) is 0 Å². The first-order valence-corrected chi connectivity index (χ1v) is 11.5. The van der Waals surface area contributed by atoms with E-state index in [1.54, 1.807) is 13.8 Å². The minimum atomic E-state index is -4.53. The summed E-state index contributed by atoms with van der Waals surface area (Å²) in [6, 6.07) is 8.21. The first-order chi connectivity index (χ1) is 17.8. The second kappa shape index (κ2) is 11.6. The molecule has 0 spiro atoms. The van der Waals surface area contributed by atoms with Gasteiger partial charge in [0, 0.05) is 35.6 Å². The van der Waals surface area contributed by atoms with E-state index in [2.05, 4.69) is 10.6 Å². The molecule has 12 heteroatoms. The van der Waals surface area contributed by atoms with Gasteiger partial charge in [-0.2, -0.15) is 26.3 Å². The first-order valence-electron chi connectivity index (χ1n) is 11.5. The van der Waals surface area contributed by atoms with Gasteiger partial charge in [-0.25, -0.2) is 9.59 Å². The molecule has 2 aromatic carbocycles. The Bertz CT molecular complexity index is 1130. The van der Waals surface area contributed by atoms with Gasteiger partial charge in [0.15, 0.2) is 0 Å². The van der Waals surface area contributed by atoms with E-state index in [0.29, 0.717) is 0 Å². The van der Waals surface area contributed by atoms with Crippen molar-refractivity contribution >= 4 is 23.3 Å². The summed E-state index contributed by atoms with van der Waals surface area (Å²) in [5.41, 5.74) is -0.644. The second-order valence-corrected chi connectivity index (χ2v) is 8.11. The summed E-state index contributed by atoms with van der Waals surface area (Å²) in [6.07, 6.45) is -9.43. The summed E-state index contributed by atoms with van der Waals surface area (Å²) in [4.78, 5) is 25.6. The highest BCUT2D eigenvalue weighted by Crippen LogP contribution is 2.35. The van der Waals surface area contributed by atoms with E-state index in [1.807, 2.05) is 0 Å². The van der Waals surface area contributed by atoms with Crippen LogP contribution in [0.15, 0.2) is 71.1 Å². The molecule has 1 aliphatic carbocycles. The molecule has 2 N–H and O–H groups in total. The lowest BCUT2D eigenvalue weighted by molar-refractivity contribution is -0.140. The number of anilines is 2. The Kier molecular flexibility index (Phi) is 8.74. The Hall–Kier alpha value is -3.96. The maximum absolute atomic E-state index is 12.9. The molecule has 0 amide bonds. The smallest absolute Gasteiger partial charge is 0.416 e. The third-order valence-electron chi connectivity index (χ3n) is 5.49. The van der Waals surface area contributed by atoms with Crippen LogP contribution in [-0.4, -0.2) is 25.2 Å². The largest absolute Gasteiger partial charge is 0.463 e. The minimum Gasteiger partial charge on any atom is -0.463 e. The van der Waals surface area contributed by atoms with Crippen LogP contribution in [0, 0.1) is 0 Å². The summed E-state index contributed by atoms with van der Waals surface area (Å²) in [7, 11) is 0. The Morgan fingerprint density at radius 2 is 0.974 bits per heavy atom. The van der Waals surface area contributed by atoms with Crippen molar-refractivity contribution in [1.29, 1.82) is 0 Å². The van der Waals surface area contributed by atoms with Crippen LogP contribution in [0.1, 0.15) is 37.8 Å². The van der Waals surface area contributed by atoms with Crippen LogP contribution in [0.3, 0.4) is 0 Å². The summed E-state index contributed by atoms with van der Waals surface area (Å²) in [5, 5.41) is 5.80. The Balaban J connectivity index is 1.97. The van der Waals surface area contributed by atoms with Crippen LogP contribution in [0.25, 0.3) is 0 Å². The summed E-state index contributed by atoms with van der Waals surface area (Å²) in [6.45, 7) is 3.25. The number of hydrogen-bond acceptors (Lipinski definition) is 6. The highest BCUT2D eigenvalue weighted by molar-refractivity contribution is 5.96. The molecule has 0 aromatic heterocycles. The zero-order valence-electron chi connectivity index (χ0n) is 20.3. The van der Waals surface area contributed by atoms with Gasteiger partial charge in [-0.15, -0.1) is 0 Å². The third kappa shape index (κ3) is 7.08. The van der Waals surface area contributed by atoms with Crippen LogP contribution >= 0.6 is 0 Å².